The molecule has 2 aromatic rings. The van der Waals surface area contributed by atoms with E-state index in [-0.39, 0.29) is 18.2 Å². The summed E-state index contributed by atoms with van der Waals surface area (Å²) in [6.45, 7) is 5.13. The Morgan fingerprint density at radius 2 is 1.94 bits per heavy atom. The van der Waals surface area contributed by atoms with Crippen LogP contribution in [0.25, 0.3) is 10.9 Å². The van der Waals surface area contributed by atoms with E-state index in [2.05, 4.69) is 15.3 Å². The van der Waals surface area contributed by atoms with Gasteiger partial charge in [-0.05, 0) is 37.5 Å². The lowest BCUT2D eigenvalue weighted by atomic mass is 9.88. The lowest BCUT2D eigenvalue weighted by Gasteiger charge is -2.38. The number of rotatable bonds is 4. The lowest BCUT2D eigenvalue weighted by molar-refractivity contribution is -0.143. The molecule has 1 atom stereocenters. The molecule has 2 aliphatic heterocycles. The van der Waals surface area contributed by atoms with Gasteiger partial charge in [0.1, 0.15) is 0 Å². The first-order valence-corrected chi connectivity index (χ1v) is 10.8. The fourth-order valence-corrected chi connectivity index (χ4v) is 4.32. The maximum Gasteiger partial charge on any atom is 0.306 e. The van der Waals surface area contributed by atoms with E-state index in [0.717, 1.165) is 16.6 Å². The maximum absolute atomic E-state index is 12.3. The number of aliphatic carboxylic acids is 1. The first-order chi connectivity index (χ1) is 14.8. The van der Waals surface area contributed by atoms with Crippen molar-refractivity contribution < 1.29 is 24.6 Å². The first-order valence-electron chi connectivity index (χ1n) is 10.8. The molecule has 0 saturated carbocycles. The summed E-state index contributed by atoms with van der Waals surface area (Å²) in [6.07, 6.45) is 1.30. The second-order valence-corrected chi connectivity index (χ2v) is 8.00. The van der Waals surface area contributed by atoms with E-state index < -0.39 is 17.5 Å². The fourth-order valence-electron chi connectivity index (χ4n) is 4.32. The van der Waals surface area contributed by atoms with Crippen molar-refractivity contribution in [2.45, 2.75) is 57.5 Å². The van der Waals surface area contributed by atoms with Gasteiger partial charge in [0.25, 0.3) is 0 Å². The molecule has 4 rings (SSSR count). The van der Waals surface area contributed by atoms with E-state index in [1.54, 1.807) is 4.68 Å². The predicted molar refractivity (Wildman–Crippen MR) is 116 cm³/mol. The number of anilines is 1. The molecule has 9 nitrogen and oxygen atoms in total. The molecule has 2 amide bonds. The standard InChI is InChI=1S/C20H24N4O5.C2H6/c1-23-15-10-12(24-8-6-20(29,7-9-24)11-17(26)27)2-3-13(15)18(22-23)14-4-5-16(25)21-19(14)28;1-2/h2-3,10,14,29H,4-9,11H2,1H3,(H,26,27)(H,21,25,28);1-2H3. The van der Waals surface area contributed by atoms with Gasteiger partial charge < -0.3 is 15.1 Å². The number of hydrogen-bond donors (Lipinski definition) is 3. The number of aromatic nitrogens is 2. The Kier molecular flexibility index (Phi) is 6.64. The van der Waals surface area contributed by atoms with Crippen LogP contribution in [0.3, 0.4) is 0 Å². The van der Waals surface area contributed by atoms with E-state index in [1.807, 2.05) is 39.1 Å². The largest absolute Gasteiger partial charge is 0.481 e. The summed E-state index contributed by atoms with van der Waals surface area (Å²) in [6, 6.07) is 5.90. The van der Waals surface area contributed by atoms with E-state index in [1.165, 1.54) is 0 Å². The van der Waals surface area contributed by atoms with E-state index >= 15 is 0 Å². The number of nitrogens with zero attached hydrogens (tertiary/aromatic N) is 3. The number of hydrogen-bond acceptors (Lipinski definition) is 6. The molecule has 9 heteroatoms. The molecule has 31 heavy (non-hydrogen) atoms. The van der Waals surface area contributed by atoms with E-state index in [0.29, 0.717) is 44.5 Å². The predicted octanol–water partition coefficient (Wildman–Crippen LogP) is 1.93. The SMILES string of the molecule is CC.Cn1nc(C2CCC(=O)NC2=O)c2ccc(N3CCC(O)(CC(=O)O)CC3)cc21. The van der Waals surface area contributed by atoms with Gasteiger partial charge in [-0.25, -0.2) is 0 Å². The Morgan fingerprint density at radius 3 is 2.55 bits per heavy atom. The number of nitrogens with one attached hydrogen (secondary N) is 1. The number of piperidine rings is 2. The molecular formula is C22H30N4O5. The summed E-state index contributed by atoms with van der Waals surface area (Å²) < 4.78 is 1.74. The number of carbonyl (C=O) groups excluding carboxylic acids is 2. The van der Waals surface area contributed by atoms with Gasteiger partial charge in [0.15, 0.2) is 0 Å². The van der Waals surface area contributed by atoms with E-state index in [4.69, 9.17) is 5.11 Å². The Morgan fingerprint density at radius 1 is 1.26 bits per heavy atom. The molecule has 3 heterocycles. The quantitative estimate of drug-likeness (QED) is 0.633. The van der Waals surface area contributed by atoms with Crippen LogP contribution in [-0.2, 0) is 21.4 Å². The third-order valence-corrected chi connectivity index (χ3v) is 5.97. The molecule has 0 spiro atoms. The van der Waals surface area contributed by atoms with Gasteiger partial charge in [-0.2, -0.15) is 5.10 Å². The summed E-state index contributed by atoms with van der Waals surface area (Å²) in [5.74, 6) is -1.98. The highest BCUT2D eigenvalue weighted by Gasteiger charge is 2.35. The second-order valence-electron chi connectivity index (χ2n) is 8.00. The highest BCUT2D eigenvalue weighted by Crippen LogP contribution is 2.34. The fraction of sp³-hybridized carbons (Fsp3) is 0.545. The minimum absolute atomic E-state index is 0.239. The summed E-state index contributed by atoms with van der Waals surface area (Å²) in [5, 5.41) is 27.2. The van der Waals surface area contributed by atoms with Crippen molar-refractivity contribution in [1.82, 2.24) is 15.1 Å². The summed E-state index contributed by atoms with van der Waals surface area (Å²) >= 11 is 0. The van der Waals surface area contributed by atoms with Crippen molar-refractivity contribution in [3.05, 3.63) is 23.9 Å². The number of aliphatic hydroxyl groups is 1. The van der Waals surface area contributed by atoms with Gasteiger partial charge in [0.2, 0.25) is 11.8 Å². The molecule has 0 radical (unpaired) electrons. The molecule has 3 N–H and O–H groups in total. The number of aryl methyl sites for hydroxylation is 1. The van der Waals surface area contributed by atoms with Crippen molar-refractivity contribution >= 4 is 34.4 Å². The van der Waals surface area contributed by atoms with E-state index in [9.17, 15) is 19.5 Å². The average molecular weight is 431 g/mol. The number of carboxylic acids is 1. The van der Waals surface area contributed by atoms with Crippen LogP contribution < -0.4 is 10.2 Å². The number of benzene rings is 1. The topological polar surface area (TPSA) is 125 Å². The number of carboxylic acid groups (broad SMARTS) is 1. The highest BCUT2D eigenvalue weighted by molar-refractivity contribution is 6.02. The molecule has 2 saturated heterocycles. The molecule has 1 aromatic carbocycles. The summed E-state index contributed by atoms with van der Waals surface area (Å²) in [5.41, 5.74) is 1.37. The monoisotopic (exact) mass is 430 g/mol. The Bertz CT molecular complexity index is 991. The second kappa shape index (κ2) is 9.05. The number of amides is 2. The van der Waals surface area contributed by atoms with Gasteiger partial charge in [0.05, 0.1) is 29.2 Å². The Balaban J connectivity index is 0.00000132. The molecule has 1 unspecified atom stereocenters. The first kappa shape index (κ1) is 22.7. The molecule has 0 bridgehead atoms. The van der Waals surface area contributed by atoms with Crippen LogP contribution in [0.1, 0.15) is 57.6 Å². The van der Waals surface area contributed by atoms with Gasteiger partial charge in [-0.1, -0.05) is 13.8 Å². The van der Waals surface area contributed by atoms with Gasteiger partial charge in [0, 0.05) is 37.6 Å². The molecule has 2 fully saturated rings. The third-order valence-electron chi connectivity index (χ3n) is 5.97. The van der Waals surface area contributed by atoms with Crippen molar-refractivity contribution in [1.29, 1.82) is 0 Å². The zero-order valence-electron chi connectivity index (χ0n) is 18.2. The van der Waals surface area contributed by atoms with Crippen molar-refractivity contribution in [3.63, 3.8) is 0 Å². The summed E-state index contributed by atoms with van der Waals surface area (Å²) in [4.78, 5) is 36.8. The van der Waals surface area contributed by atoms with Crippen molar-refractivity contribution in [2.75, 3.05) is 18.0 Å². The number of fused-ring (bicyclic) bond motifs is 1. The molecule has 1 aromatic heterocycles. The van der Waals surface area contributed by atoms with Crippen molar-refractivity contribution in [2.24, 2.45) is 7.05 Å². The minimum atomic E-state index is -1.15. The van der Waals surface area contributed by atoms with Crippen LogP contribution in [-0.4, -0.2) is 56.5 Å². The summed E-state index contributed by atoms with van der Waals surface area (Å²) in [7, 11) is 1.82. The van der Waals surface area contributed by atoms with Gasteiger partial charge in [-0.3, -0.25) is 24.4 Å². The Hall–Kier alpha value is -2.94. The molecule has 168 valence electrons. The highest BCUT2D eigenvalue weighted by atomic mass is 16.4. The van der Waals surface area contributed by atoms with Gasteiger partial charge in [-0.15, -0.1) is 0 Å². The van der Waals surface area contributed by atoms with Crippen LogP contribution in [0.2, 0.25) is 0 Å². The molecule has 0 aliphatic carbocycles. The third kappa shape index (κ3) is 4.71. The number of carbonyl (C=O) groups is 3. The van der Waals surface area contributed by atoms with Gasteiger partial charge >= 0.3 is 5.97 Å². The molecular weight excluding hydrogens is 400 g/mol. The van der Waals surface area contributed by atoms with Crippen LogP contribution in [0.15, 0.2) is 18.2 Å². The van der Waals surface area contributed by atoms with Crippen LogP contribution in [0, 0.1) is 0 Å². The van der Waals surface area contributed by atoms with Crippen LogP contribution in [0.5, 0.6) is 0 Å². The Labute approximate surface area is 181 Å². The normalized spacial score (nSPS) is 20.8. The van der Waals surface area contributed by atoms with Crippen LogP contribution >= 0.6 is 0 Å². The average Bonchev–Trinajstić information content (AvgIpc) is 3.05. The lowest BCUT2D eigenvalue weighted by Crippen LogP contribution is -2.45. The van der Waals surface area contributed by atoms with Crippen LogP contribution in [0.4, 0.5) is 5.69 Å². The zero-order chi connectivity index (χ0) is 22.8. The van der Waals surface area contributed by atoms with Crippen molar-refractivity contribution in [3.8, 4) is 0 Å². The zero-order valence-corrected chi connectivity index (χ0v) is 18.2. The maximum atomic E-state index is 12.3. The number of imide groups is 1. The molecule has 2 aliphatic rings. The minimum Gasteiger partial charge on any atom is -0.481 e. The smallest absolute Gasteiger partial charge is 0.306 e.